The predicted molar refractivity (Wildman–Crippen MR) is 111 cm³/mol. The lowest BCUT2D eigenvalue weighted by Crippen LogP contribution is -2.56. The topological polar surface area (TPSA) is 101 Å². The number of aromatic nitrogens is 1. The van der Waals surface area contributed by atoms with Crippen LogP contribution in [0.1, 0.15) is 39.3 Å². The standard InChI is InChI=1S/C20H30N4O5S/c1-20(2,3)29-19(27)22-15(11-14-12-30-13-21-14)17(25)24-6-4-5-16(24)18(26)23-7-9-28-10-8-23/h12-13,15-16H,4-11H2,1-3H3,(H,22,27)/t15-,16-/m0/s1. The van der Waals surface area contributed by atoms with Gasteiger partial charge in [0.2, 0.25) is 11.8 Å². The highest BCUT2D eigenvalue weighted by molar-refractivity contribution is 7.07. The molecular weight excluding hydrogens is 408 g/mol. The molecule has 3 heterocycles. The third kappa shape index (κ3) is 5.91. The van der Waals surface area contributed by atoms with E-state index in [9.17, 15) is 14.4 Å². The number of morpholine rings is 1. The predicted octanol–water partition coefficient (Wildman–Crippen LogP) is 1.43. The molecule has 2 aliphatic rings. The lowest BCUT2D eigenvalue weighted by atomic mass is 10.1. The van der Waals surface area contributed by atoms with Crippen molar-refractivity contribution in [3.8, 4) is 0 Å². The number of carbonyl (C=O) groups is 3. The lowest BCUT2D eigenvalue weighted by Gasteiger charge is -2.34. The Bertz CT molecular complexity index is 743. The van der Waals surface area contributed by atoms with E-state index in [4.69, 9.17) is 9.47 Å². The zero-order valence-electron chi connectivity index (χ0n) is 17.8. The molecule has 1 aromatic rings. The maximum atomic E-state index is 13.4. The van der Waals surface area contributed by atoms with Gasteiger partial charge in [-0.3, -0.25) is 9.59 Å². The van der Waals surface area contributed by atoms with Crippen molar-refractivity contribution in [2.45, 2.75) is 57.7 Å². The summed E-state index contributed by atoms with van der Waals surface area (Å²) in [7, 11) is 0. The Morgan fingerprint density at radius 2 is 2.03 bits per heavy atom. The zero-order valence-corrected chi connectivity index (χ0v) is 18.6. The number of ether oxygens (including phenoxy) is 2. The highest BCUT2D eigenvalue weighted by atomic mass is 32.1. The quantitative estimate of drug-likeness (QED) is 0.746. The second-order valence-corrected chi connectivity index (χ2v) is 9.23. The van der Waals surface area contributed by atoms with Crippen LogP contribution in [-0.4, -0.2) is 83.2 Å². The fourth-order valence-corrected chi connectivity index (χ4v) is 4.25. The van der Waals surface area contributed by atoms with Crippen LogP contribution in [0.4, 0.5) is 4.79 Å². The van der Waals surface area contributed by atoms with Crippen molar-refractivity contribution in [1.29, 1.82) is 0 Å². The van der Waals surface area contributed by atoms with Gasteiger partial charge in [-0.15, -0.1) is 11.3 Å². The third-order valence-electron chi connectivity index (χ3n) is 5.03. The molecule has 2 saturated heterocycles. The Balaban J connectivity index is 1.73. The number of nitrogens with zero attached hydrogens (tertiary/aromatic N) is 3. The molecule has 2 atom stereocenters. The van der Waals surface area contributed by atoms with Gasteiger partial charge in [-0.25, -0.2) is 9.78 Å². The smallest absolute Gasteiger partial charge is 0.408 e. The van der Waals surface area contributed by atoms with Crippen molar-refractivity contribution in [3.05, 3.63) is 16.6 Å². The summed E-state index contributed by atoms with van der Waals surface area (Å²) >= 11 is 1.43. The van der Waals surface area contributed by atoms with E-state index in [1.54, 1.807) is 36.1 Å². The van der Waals surface area contributed by atoms with Gasteiger partial charge >= 0.3 is 6.09 Å². The van der Waals surface area contributed by atoms with E-state index in [-0.39, 0.29) is 18.2 Å². The summed E-state index contributed by atoms with van der Waals surface area (Å²) in [5, 5.41) is 4.54. The molecule has 0 aromatic carbocycles. The van der Waals surface area contributed by atoms with Crippen molar-refractivity contribution in [2.75, 3.05) is 32.8 Å². The molecule has 10 heteroatoms. The molecule has 9 nitrogen and oxygen atoms in total. The fourth-order valence-electron chi connectivity index (χ4n) is 3.68. The van der Waals surface area contributed by atoms with Crippen LogP contribution in [0.15, 0.2) is 10.9 Å². The van der Waals surface area contributed by atoms with E-state index >= 15 is 0 Å². The summed E-state index contributed by atoms with van der Waals surface area (Å²) in [6.07, 6.45) is 0.961. The van der Waals surface area contributed by atoms with Crippen molar-refractivity contribution < 1.29 is 23.9 Å². The monoisotopic (exact) mass is 438 g/mol. The average Bonchev–Trinajstić information content (AvgIpc) is 3.37. The largest absolute Gasteiger partial charge is 0.444 e. The number of thiazole rings is 1. The van der Waals surface area contributed by atoms with Crippen LogP contribution in [-0.2, 0) is 25.5 Å². The molecule has 0 spiro atoms. The van der Waals surface area contributed by atoms with Gasteiger partial charge in [0, 0.05) is 31.4 Å². The number of hydrogen-bond acceptors (Lipinski definition) is 7. The van der Waals surface area contributed by atoms with Crippen LogP contribution in [0.2, 0.25) is 0 Å². The van der Waals surface area contributed by atoms with E-state index < -0.39 is 23.8 Å². The molecule has 0 bridgehead atoms. The van der Waals surface area contributed by atoms with Gasteiger partial charge in [-0.2, -0.15) is 0 Å². The van der Waals surface area contributed by atoms with Gasteiger partial charge in [0.15, 0.2) is 0 Å². The highest BCUT2D eigenvalue weighted by Gasteiger charge is 2.40. The maximum absolute atomic E-state index is 13.4. The molecule has 0 aliphatic carbocycles. The Kier molecular flexibility index (Phi) is 7.30. The van der Waals surface area contributed by atoms with E-state index in [0.29, 0.717) is 45.0 Å². The van der Waals surface area contributed by atoms with E-state index in [0.717, 1.165) is 6.42 Å². The first-order valence-electron chi connectivity index (χ1n) is 10.3. The Labute approximate surface area is 180 Å². The van der Waals surface area contributed by atoms with Crippen molar-refractivity contribution in [1.82, 2.24) is 20.1 Å². The molecule has 2 aliphatic heterocycles. The first-order valence-corrected chi connectivity index (χ1v) is 11.2. The van der Waals surface area contributed by atoms with Crippen LogP contribution in [0, 0.1) is 0 Å². The van der Waals surface area contributed by atoms with Crippen LogP contribution in [0.3, 0.4) is 0 Å². The number of carbonyl (C=O) groups excluding carboxylic acids is 3. The molecular formula is C20H30N4O5S. The lowest BCUT2D eigenvalue weighted by molar-refractivity contribution is -0.147. The molecule has 2 fully saturated rings. The molecule has 1 N–H and O–H groups in total. The summed E-state index contributed by atoms with van der Waals surface area (Å²) < 4.78 is 10.7. The number of nitrogens with one attached hydrogen (secondary N) is 1. The van der Waals surface area contributed by atoms with E-state index in [2.05, 4.69) is 10.3 Å². The van der Waals surface area contributed by atoms with Crippen LogP contribution in [0.25, 0.3) is 0 Å². The number of hydrogen-bond donors (Lipinski definition) is 1. The summed E-state index contributed by atoms with van der Waals surface area (Å²) in [6, 6.07) is -1.35. The van der Waals surface area contributed by atoms with Gasteiger partial charge < -0.3 is 24.6 Å². The first kappa shape index (κ1) is 22.5. The van der Waals surface area contributed by atoms with Crippen molar-refractivity contribution >= 4 is 29.2 Å². The van der Waals surface area contributed by atoms with Gasteiger partial charge in [0.05, 0.1) is 24.4 Å². The minimum atomic E-state index is -0.847. The van der Waals surface area contributed by atoms with Gasteiger partial charge in [-0.1, -0.05) is 0 Å². The minimum Gasteiger partial charge on any atom is -0.444 e. The average molecular weight is 439 g/mol. The Morgan fingerprint density at radius 1 is 1.30 bits per heavy atom. The van der Waals surface area contributed by atoms with Gasteiger partial charge in [0.25, 0.3) is 0 Å². The molecule has 166 valence electrons. The molecule has 3 amide bonds. The number of rotatable bonds is 5. The summed E-state index contributed by atoms with van der Waals surface area (Å²) in [5.74, 6) is -0.327. The molecule has 30 heavy (non-hydrogen) atoms. The minimum absolute atomic E-state index is 0.0474. The third-order valence-corrected chi connectivity index (χ3v) is 5.66. The summed E-state index contributed by atoms with van der Waals surface area (Å²) in [4.78, 5) is 46.4. The number of likely N-dealkylation sites (tertiary alicyclic amines) is 1. The Morgan fingerprint density at radius 3 is 2.67 bits per heavy atom. The molecule has 3 rings (SSSR count). The number of alkyl carbamates (subject to hydrolysis) is 1. The SMILES string of the molecule is CC(C)(C)OC(=O)N[C@@H](Cc1cscn1)C(=O)N1CCC[C@H]1C(=O)N1CCOCC1. The summed E-state index contributed by atoms with van der Waals surface area (Å²) in [5.41, 5.74) is 1.72. The molecule has 0 unspecified atom stereocenters. The molecule has 1 aromatic heterocycles. The van der Waals surface area contributed by atoms with Gasteiger partial charge in [0.1, 0.15) is 17.7 Å². The van der Waals surface area contributed by atoms with Gasteiger partial charge in [-0.05, 0) is 33.6 Å². The van der Waals surface area contributed by atoms with Crippen LogP contribution in [0.5, 0.6) is 0 Å². The van der Waals surface area contributed by atoms with E-state index in [1.165, 1.54) is 11.3 Å². The van der Waals surface area contributed by atoms with Crippen LogP contribution >= 0.6 is 11.3 Å². The van der Waals surface area contributed by atoms with Crippen molar-refractivity contribution in [3.63, 3.8) is 0 Å². The van der Waals surface area contributed by atoms with E-state index in [1.807, 2.05) is 5.38 Å². The normalized spacial score (nSPS) is 20.7. The summed E-state index contributed by atoms with van der Waals surface area (Å²) in [6.45, 7) is 7.89. The number of amides is 3. The molecule has 0 saturated carbocycles. The highest BCUT2D eigenvalue weighted by Crippen LogP contribution is 2.22. The second kappa shape index (κ2) is 9.74. The second-order valence-electron chi connectivity index (χ2n) is 8.51. The molecule has 0 radical (unpaired) electrons. The zero-order chi connectivity index (χ0) is 21.7. The van der Waals surface area contributed by atoms with Crippen molar-refractivity contribution in [2.24, 2.45) is 0 Å². The fraction of sp³-hybridized carbons (Fsp3) is 0.700. The Hall–Kier alpha value is -2.20. The van der Waals surface area contributed by atoms with Crippen LogP contribution < -0.4 is 5.32 Å². The first-order chi connectivity index (χ1) is 14.2. The maximum Gasteiger partial charge on any atom is 0.408 e.